The summed E-state index contributed by atoms with van der Waals surface area (Å²) in [5, 5.41) is 18.3. The number of aromatic nitrogens is 1. The van der Waals surface area contributed by atoms with Gasteiger partial charge in [0, 0.05) is 73.3 Å². The molecule has 2 aromatic rings. The van der Waals surface area contributed by atoms with Crippen LogP contribution in [0.25, 0.3) is 10.2 Å². The molecule has 0 atom stereocenters. The van der Waals surface area contributed by atoms with Crippen LogP contribution in [-0.4, -0.2) is 76.1 Å². The summed E-state index contributed by atoms with van der Waals surface area (Å²) in [6, 6.07) is 6.90. The minimum absolute atomic E-state index is 0.0132. The number of ether oxygens (including phenoxy) is 1. The van der Waals surface area contributed by atoms with Gasteiger partial charge in [0.1, 0.15) is 11.8 Å². The van der Waals surface area contributed by atoms with Gasteiger partial charge in [0.25, 0.3) is 0 Å². The van der Waals surface area contributed by atoms with E-state index in [9.17, 15) is 24.0 Å². The third-order valence-electron chi connectivity index (χ3n) is 7.82. The van der Waals surface area contributed by atoms with Crippen molar-refractivity contribution in [3.63, 3.8) is 0 Å². The van der Waals surface area contributed by atoms with Gasteiger partial charge in [0.2, 0.25) is 5.91 Å². The lowest BCUT2D eigenvalue weighted by Crippen LogP contribution is -2.42. The Hall–Kier alpha value is -4.37. The summed E-state index contributed by atoms with van der Waals surface area (Å²) in [7, 11) is 1.61. The molecule has 44 heavy (non-hydrogen) atoms. The molecule has 0 bridgehead atoms. The Balaban J connectivity index is 1.68. The van der Waals surface area contributed by atoms with Crippen molar-refractivity contribution in [2.75, 3.05) is 26.7 Å². The van der Waals surface area contributed by atoms with E-state index in [4.69, 9.17) is 15.1 Å². The van der Waals surface area contributed by atoms with Crippen molar-refractivity contribution in [2.24, 2.45) is 5.41 Å². The van der Waals surface area contributed by atoms with Gasteiger partial charge < -0.3 is 19.6 Å². The Labute approximate surface area is 260 Å². The van der Waals surface area contributed by atoms with E-state index in [1.165, 1.54) is 21.1 Å². The number of aliphatic carboxylic acids is 1. The lowest BCUT2D eigenvalue weighted by atomic mass is 9.71. The van der Waals surface area contributed by atoms with Crippen molar-refractivity contribution in [1.29, 1.82) is 5.26 Å². The van der Waals surface area contributed by atoms with E-state index >= 15 is 0 Å². The van der Waals surface area contributed by atoms with Crippen LogP contribution in [0.3, 0.4) is 0 Å². The number of likely N-dealkylation sites (N-methyl/N-ethyl adjacent to an activating group) is 1. The topological polar surface area (TPSA) is 158 Å². The Kier molecular flexibility index (Phi) is 11.2. The molecule has 1 aromatic heterocycles. The largest absolute Gasteiger partial charge is 0.481 e. The highest BCUT2D eigenvalue weighted by Gasteiger charge is 2.38. The van der Waals surface area contributed by atoms with E-state index in [0.29, 0.717) is 63.3 Å². The quantitative estimate of drug-likeness (QED) is 0.231. The van der Waals surface area contributed by atoms with Gasteiger partial charge in [0.15, 0.2) is 16.6 Å². The van der Waals surface area contributed by atoms with Crippen LogP contribution in [0, 0.1) is 16.7 Å². The fourth-order valence-electron chi connectivity index (χ4n) is 5.14. The van der Waals surface area contributed by atoms with Gasteiger partial charge in [-0.3, -0.25) is 19.2 Å². The number of carbonyl (C=O) groups excluding carboxylic acids is 4. The number of benzene rings is 1. The second kappa shape index (κ2) is 14.4. The lowest BCUT2D eigenvalue weighted by Gasteiger charge is -2.33. The van der Waals surface area contributed by atoms with Crippen LogP contribution >= 0.6 is 11.3 Å². The van der Waals surface area contributed by atoms with Gasteiger partial charge in [-0.2, -0.15) is 5.26 Å². The molecular formula is C32H38N4O7S. The maximum Gasteiger partial charge on any atom is 0.415 e. The minimum atomic E-state index is -0.895. The summed E-state index contributed by atoms with van der Waals surface area (Å²) in [5.41, 5.74) is 1.24. The average Bonchev–Trinajstić information content (AvgIpc) is 3.38. The average molecular weight is 623 g/mol. The van der Waals surface area contributed by atoms with Crippen LogP contribution in [0.2, 0.25) is 0 Å². The number of unbranched alkanes of at least 4 members (excludes halogenated alkanes) is 2. The molecule has 1 aromatic carbocycles. The highest BCUT2D eigenvalue weighted by molar-refractivity contribution is 7.19. The fraction of sp³-hybridized carbons (Fsp3) is 0.469. The number of allylic oxidation sites excluding steroid dienone is 4. The molecule has 3 rings (SSSR count). The number of fused-ring (bicyclic) bond motifs is 1. The van der Waals surface area contributed by atoms with Gasteiger partial charge >= 0.3 is 12.1 Å². The van der Waals surface area contributed by atoms with Gasteiger partial charge in [-0.05, 0) is 45.7 Å². The van der Waals surface area contributed by atoms with Crippen molar-refractivity contribution >= 4 is 51.1 Å². The second-order valence-corrected chi connectivity index (χ2v) is 12.6. The number of hydrogen-bond donors (Lipinski definition) is 1. The zero-order valence-electron chi connectivity index (χ0n) is 26.0. The number of nitriles is 1. The molecule has 2 amide bonds. The van der Waals surface area contributed by atoms with E-state index in [1.54, 1.807) is 59.9 Å². The third kappa shape index (κ3) is 8.17. The smallest absolute Gasteiger partial charge is 0.415 e. The van der Waals surface area contributed by atoms with Crippen LogP contribution < -0.4 is 4.74 Å². The summed E-state index contributed by atoms with van der Waals surface area (Å²) < 4.78 is 6.33. The predicted molar refractivity (Wildman–Crippen MR) is 165 cm³/mol. The SMILES string of the molecule is CC1=C(C)C(=O)C(C(C)(C)CC(=O)N(C)CCN(CCCCCC(=O)O)C(=O)Oc2ccc3nc(C#N)sc3c2)=C(C)C1=O. The van der Waals surface area contributed by atoms with E-state index in [2.05, 4.69) is 4.98 Å². The highest BCUT2D eigenvalue weighted by atomic mass is 32.1. The number of carboxylic acids is 1. The second-order valence-electron chi connectivity index (χ2n) is 11.6. The summed E-state index contributed by atoms with van der Waals surface area (Å²) in [6.45, 7) is 9.06. The van der Waals surface area contributed by atoms with Crippen LogP contribution in [-0.2, 0) is 19.2 Å². The number of Topliss-reactive ketones (excluding diaryl/α,β-unsaturated/α-hetero) is 2. The van der Waals surface area contributed by atoms with Crippen molar-refractivity contribution in [3.8, 4) is 11.8 Å². The number of nitrogens with zero attached hydrogens (tertiary/aromatic N) is 4. The van der Waals surface area contributed by atoms with E-state index in [1.807, 2.05) is 6.07 Å². The van der Waals surface area contributed by atoms with E-state index < -0.39 is 17.5 Å². The number of hydrogen-bond acceptors (Lipinski definition) is 9. The Morgan fingerprint density at radius 1 is 1.00 bits per heavy atom. The molecule has 0 unspecified atom stereocenters. The molecule has 1 aliphatic rings. The molecular weight excluding hydrogens is 584 g/mol. The molecule has 0 saturated heterocycles. The number of thiazole rings is 1. The highest BCUT2D eigenvalue weighted by Crippen LogP contribution is 2.39. The first kappa shape index (κ1) is 34.1. The molecule has 1 heterocycles. The van der Waals surface area contributed by atoms with E-state index in [0.717, 1.165) is 0 Å². The summed E-state index contributed by atoms with van der Waals surface area (Å²) in [4.78, 5) is 70.3. The van der Waals surface area contributed by atoms with Crippen LogP contribution in [0.4, 0.5) is 4.79 Å². The summed E-state index contributed by atoms with van der Waals surface area (Å²) in [6.07, 6.45) is 1.01. The van der Waals surface area contributed by atoms with Gasteiger partial charge in [-0.1, -0.05) is 20.3 Å². The Morgan fingerprint density at radius 3 is 2.34 bits per heavy atom. The molecule has 234 valence electrons. The number of ketones is 2. The molecule has 1 aliphatic carbocycles. The number of carboxylic acid groups (broad SMARTS) is 1. The minimum Gasteiger partial charge on any atom is -0.481 e. The molecule has 1 N–H and O–H groups in total. The van der Waals surface area contributed by atoms with Gasteiger partial charge in [-0.25, -0.2) is 9.78 Å². The Bertz CT molecular complexity index is 1590. The standard InChI is InChI=1S/C32H38N4O7S/c1-19-20(2)30(41)28(21(3)29(19)40)32(4,5)17-26(37)35(6)14-15-36(13-9-7-8-10-27(38)39)31(42)43-22-11-12-23-24(16-22)44-25(18-33)34-23/h11-12,16H,7-10,13-15,17H2,1-6H3,(H,38,39). The molecule has 0 fully saturated rings. The van der Waals surface area contributed by atoms with Crippen LogP contribution in [0.5, 0.6) is 5.75 Å². The molecule has 0 aliphatic heterocycles. The maximum atomic E-state index is 13.3. The molecule has 11 nitrogen and oxygen atoms in total. The molecule has 0 saturated carbocycles. The summed E-state index contributed by atoms with van der Waals surface area (Å²) >= 11 is 1.19. The van der Waals surface area contributed by atoms with Crippen LogP contribution in [0.15, 0.2) is 40.5 Å². The molecule has 0 spiro atoms. The van der Waals surface area contributed by atoms with Gasteiger partial charge in [0.05, 0.1) is 10.2 Å². The van der Waals surface area contributed by atoms with Gasteiger partial charge in [-0.15, -0.1) is 11.3 Å². The first-order valence-electron chi connectivity index (χ1n) is 14.4. The zero-order valence-corrected chi connectivity index (χ0v) is 26.8. The maximum absolute atomic E-state index is 13.3. The zero-order chi connectivity index (χ0) is 32.8. The Morgan fingerprint density at radius 2 is 1.68 bits per heavy atom. The monoisotopic (exact) mass is 622 g/mol. The fourth-order valence-corrected chi connectivity index (χ4v) is 5.93. The van der Waals surface area contributed by atoms with Crippen LogP contribution in [0.1, 0.15) is 71.7 Å². The number of amides is 2. The first-order valence-corrected chi connectivity index (χ1v) is 15.2. The van der Waals surface area contributed by atoms with Crippen molar-refractivity contribution < 1.29 is 33.8 Å². The number of rotatable bonds is 13. The molecule has 12 heteroatoms. The van der Waals surface area contributed by atoms with Crippen molar-refractivity contribution in [2.45, 2.75) is 66.7 Å². The third-order valence-corrected chi connectivity index (χ3v) is 8.75. The number of carbonyl (C=O) groups is 5. The predicted octanol–water partition coefficient (Wildman–Crippen LogP) is 5.29. The lowest BCUT2D eigenvalue weighted by molar-refractivity contribution is -0.137. The summed E-state index contributed by atoms with van der Waals surface area (Å²) in [5.74, 6) is -1.26. The van der Waals surface area contributed by atoms with E-state index in [-0.39, 0.29) is 49.2 Å². The van der Waals surface area contributed by atoms with Crippen molar-refractivity contribution in [3.05, 3.63) is 45.5 Å². The molecule has 0 radical (unpaired) electrons. The van der Waals surface area contributed by atoms with Crippen molar-refractivity contribution in [1.82, 2.24) is 14.8 Å². The first-order chi connectivity index (χ1) is 20.7. The normalized spacial score (nSPS) is 13.8.